The van der Waals surface area contributed by atoms with Crippen LogP contribution in [-0.4, -0.2) is 12.0 Å². The van der Waals surface area contributed by atoms with Crippen LogP contribution in [0.25, 0.3) is 10.9 Å². The van der Waals surface area contributed by atoms with Crippen molar-refractivity contribution >= 4 is 44.3 Å². The number of hydrogen-bond donors (Lipinski definition) is 1. The number of nitrogens with zero attached hydrogens (tertiary/aromatic N) is 1. The van der Waals surface area contributed by atoms with Crippen LogP contribution in [0.5, 0.6) is 0 Å². The molecule has 1 N–H and O–H groups in total. The fraction of sp³-hybridized carbons (Fsp3) is 0.308. The Kier molecular flexibility index (Phi) is 3.59. The first-order valence-corrected chi connectivity index (χ1v) is 6.68. The lowest BCUT2D eigenvalue weighted by molar-refractivity contribution is 0.864. The van der Waals surface area contributed by atoms with Crippen molar-refractivity contribution in [2.24, 2.45) is 0 Å². The number of rotatable bonds is 2. The zero-order valence-corrected chi connectivity index (χ0v) is 12.4. The van der Waals surface area contributed by atoms with Gasteiger partial charge in [0.2, 0.25) is 0 Å². The van der Waals surface area contributed by atoms with Crippen LogP contribution in [0.15, 0.2) is 22.7 Å². The molecular formula is C13H14BrClN2. The number of pyridine rings is 1. The lowest BCUT2D eigenvalue weighted by Crippen LogP contribution is -2.01. The Morgan fingerprint density at radius 3 is 2.65 bits per heavy atom. The number of halogens is 2. The molecule has 2 aromatic rings. The molecule has 0 atom stereocenters. The van der Waals surface area contributed by atoms with Crippen LogP contribution in [0, 0.1) is 0 Å². The third-order valence-electron chi connectivity index (χ3n) is 2.77. The van der Waals surface area contributed by atoms with E-state index in [4.69, 9.17) is 11.6 Å². The summed E-state index contributed by atoms with van der Waals surface area (Å²) in [4.78, 5) is 4.63. The van der Waals surface area contributed by atoms with Gasteiger partial charge in [0.1, 0.15) is 5.82 Å². The maximum atomic E-state index is 6.22. The fourth-order valence-corrected chi connectivity index (χ4v) is 2.49. The average molecular weight is 314 g/mol. The third kappa shape index (κ3) is 2.26. The first kappa shape index (κ1) is 12.7. The average Bonchev–Trinajstić information content (AvgIpc) is 2.32. The van der Waals surface area contributed by atoms with Gasteiger partial charge in [-0.15, -0.1) is 0 Å². The highest BCUT2D eigenvalue weighted by Gasteiger charge is 2.12. The number of nitrogens with one attached hydrogen (secondary N) is 1. The topological polar surface area (TPSA) is 24.9 Å². The Hall–Kier alpha value is -0.800. The van der Waals surface area contributed by atoms with E-state index in [9.17, 15) is 0 Å². The van der Waals surface area contributed by atoms with E-state index in [1.165, 1.54) is 5.56 Å². The molecule has 0 aliphatic rings. The monoisotopic (exact) mass is 312 g/mol. The second-order valence-electron chi connectivity index (χ2n) is 4.26. The van der Waals surface area contributed by atoms with Gasteiger partial charge in [0, 0.05) is 16.9 Å². The van der Waals surface area contributed by atoms with Crippen molar-refractivity contribution in [2.45, 2.75) is 19.8 Å². The maximum Gasteiger partial charge on any atom is 0.129 e. The van der Waals surface area contributed by atoms with E-state index in [-0.39, 0.29) is 0 Å². The van der Waals surface area contributed by atoms with Crippen LogP contribution >= 0.6 is 27.5 Å². The maximum absolute atomic E-state index is 6.22. The van der Waals surface area contributed by atoms with Gasteiger partial charge in [0.25, 0.3) is 0 Å². The van der Waals surface area contributed by atoms with E-state index in [2.05, 4.69) is 46.1 Å². The van der Waals surface area contributed by atoms with E-state index in [0.29, 0.717) is 5.92 Å². The van der Waals surface area contributed by atoms with E-state index < -0.39 is 0 Å². The van der Waals surface area contributed by atoms with Crippen molar-refractivity contribution in [3.8, 4) is 0 Å². The summed E-state index contributed by atoms with van der Waals surface area (Å²) in [6, 6.07) is 5.93. The fourth-order valence-electron chi connectivity index (χ4n) is 1.85. The van der Waals surface area contributed by atoms with Crippen LogP contribution < -0.4 is 5.32 Å². The molecule has 90 valence electrons. The van der Waals surface area contributed by atoms with E-state index in [1.807, 2.05) is 19.2 Å². The summed E-state index contributed by atoms with van der Waals surface area (Å²) in [5.74, 6) is 1.32. The zero-order valence-electron chi connectivity index (χ0n) is 10.0. The largest absolute Gasteiger partial charge is 0.373 e. The minimum Gasteiger partial charge on any atom is -0.373 e. The Balaban J connectivity index is 2.83. The minimum atomic E-state index is 0.407. The Morgan fingerprint density at radius 1 is 1.35 bits per heavy atom. The lowest BCUT2D eigenvalue weighted by Gasteiger charge is -2.14. The van der Waals surface area contributed by atoms with Gasteiger partial charge in [-0.1, -0.05) is 25.4 Å². The molecule has 0 radical (unpaired) electrons. The molecule has 0 saturated carbocycles. The number of anilines is 1. The second kappa shape index (κ2) is 4.83. The summed E-state index contributed by atoms with van der Waals surface area (Å²) in [6.07, 6.45) is 0. The molecule has 0 aliphatic heterocycles. The van der Waals surface area contributed by atoms with E-state index >= 15 is 0 Å². The highest BCUT2D eigenvalue weighted by Crippen LogP contribution is 2.33. The number of benzene rings is 1. The molecule has 0 spiro atoms. The molecule has 2 nitrogen and oxygen atoms in total. The minimum absolute atomic E-state index is 0.407. The molecule has 0 saturated heterocycles. The predicted octanol–water partition coefficient (Wildman–Crippen LogP) is 4.82. The smallest absolute Gasteiger partial charge is 0.129 e. The van der Waals surface area contributed by atoms with Gasteiger partial charge >= 0.3 is 0 Å². The molecule has 1 aromatic carbocycles. The highest BCUT2D eigenvalue weighted by molar-refractivity contribution is 9.10. The van der Waals surface area contributed by atoms with Crippen molar-refractivity contribution in [1.29, 1.82) is 0 Å². The summed E-state index contributed by atoms with van der Waals surface area (Å²) in [6.45, 7) is 4.30. The quantitative estimate of drug-likeness (QED) is 0.860. The molecule has 0 fully saturated rings. The zero-order chi connectivity index (χ0) is 12.6. The van der Waals surface area contributed by atoms with Gasteiger partial charge in [-0.2, -0.15) is 0 Å². The van der Waals surface area contributed by atoms with Gasteiger partial charge in [-0.25, -0.2) is 4.98 Å². The van der Waals surface area contributed by atoms with E-state index in [0.717, 1.165) is 26.2 Å². The van der Waals surface area contributed by atoms with E-state index in [1.54, 1.807) is 0 Å². The van der Waals surface area contributed by atoms with Crippen molar-refractivity contribution in [3.05, 3.63) is 33.3 Å². The summed E-state index contributed by atoms with van der Waals surface area (Å²) in [5, 5.41) is 4.87. The lowest BCUT2D eigenvalue weighted by atomic mass is 10.0. The van der Waals surface area contributed by atoms with Gasteiger partial charge in [0.15, 0.2) is 0 Å². The Morgan fingerprint density at radius 2 is 2.06 bits per heavy atom. The molecule has 1 aromatic heterocycles. The number of aromatic nitrogens is 1. The first-order valence-electron chi connectivity index (χ1n) is 5.51. The Labute approximate surface area is 115 Å². The number of hydrogen-bond acceptors (Lipinski definition) is 2. The second-order valence-corrected chi connectivity index (χ2v) is 5.52. The van der Waals surface area contributed by atoms with Crippen molar-refractivity contribution in [2.75, 3.05) is 12.4 Å². The summed E-state index contributed by atoms with van der Waals surface area (Å²) in [5.41, 5.74) is 2.08. The van der Waals surface area contributed by atoms with Gasteiger partial charge in [-0.3, -0.25) is 0 Å². The summed E-state index contributed by atoms with van der Waals surface area (Å²) < 4.78 is 0.962. The van der Waals surface area contributed by atoms with Crippen LogP contribution in [0.1, 0.15) is 25.3 Å². The van der Waals surface area contributed by atoms with Crippen LogP contribution in [0.4, 0.5) is 5.82 Å². The van der Waals surface area contributed by atoms with Crippen LogP contribution in [0.3, 0.4) is 0 Å². The SMILES string of the molecule is CNc1nc2c(Br)ccc(Cl)c2cc1C(C)C. The van der Waals surface area contributed by atoms with Crippen molar-refractivity contribution in [3.63, 3.8) is 0 Å². The molecule has 0 unspecified atom stereocenters. The summed E-state index contributed by atoms with van der Waals surface area (Å²) >= 11 is 9.73. The van der Waals surface area contributed by atoms with Gasteiger partial charge in [0.05, 0.1) is 10.5 Å². The van der Waals surface area contributed by atoms with Crippen molar-refractivity contribution in [1.82, 2.24) is 4.98 Å². The standard InChI is InChI=1S/C13H14BrClN2/c1-7(2)8-6-9-11(15)5-4-10(14)12(9)17-13(8)16-3/h4-7H,1-3H3,(H,16,17). The van der Waals surface area contributed by atoms with Crippen LogP contribution in [0.2, 0.25) is 5.02 Å². The molecule has 0 bridgehead atoms. The third-order valence-corrected chi connectivity index (χ3v) is 3.74. The molecular weight excluding hydrogens is 300 g/mol. The summed E-state index contributed by atoms with van der Waals surface area (Å²) in [7, 11) is 1.89. The Bertz CT molecular complexity index is 567. The van der Waals surface area contributed by atoms with Gasteiger partial charge < -0.3 is 5.32 Å². The molecule has 1 heterocycles. The van der Waals surface area contributed by atoms with Gasteiger partial charge in [-0.05, 0) is 45.6 Å². The predicted molar refractivity (Wildman–Crippen MR) is 78.1 cm³/mol. The van der Waals surface area contributed by atoms with Crippen molar-refractivity contribution < 1.29 is 0 Å². The molecule has 17 heavy (non-hydrogen) atoms. The number of fused-ring (bicyclic) bond motifs is 1. The van der Waals surface area contributed by atoms with Crippen LogP contribution in [-0.2, 0) is 0 Å². The molecule has 0 amide bonds. The molecule has 2 rings (SSSR count). The normalized spacial score (nSPS) is 11.2. The molecule has 4 heteroatoms. The molecule has 0 aliphatic carbocycles. The first-order chi connectivity index (χ1) is 8.04. The highest BCUT2D eigenvalue weighted by atomic mass is 79.9.